The molecule has 0 saturated heterocycles. The highest BCUT2D eigenvalue weighted by atomic mass is 79.9. The number of rotatable bonds is 8. The average molecular weight is 632 g/mol. The zero-order chi connectivity index (χ0) is 24.8. The van der Waals surface area contributed by atoms with E-state index >= 15 is 0 Å². The number of thiophene rings is 1. The van der Waals surface area contributed by atoms with Crippen molar-refractivity contribution in [3.63, 3.8) is 0 Å². The predicted molar refractivity (Wildman–Crippen MR) is 85.4 cm³/mol. The fourth-order valence-corrected chi connectivity index (χ4v) is 4.55. The summed E-state index contributed by atoms with van der Waals surface area (Å²) in [6, 6.07) is 1.07. The molecule has 18 heteroatoms. The van der Waals surface area contributed by atoms with E-state index in [1.165, 1.54) is 0 Å². The maximum Gasteiger partial charge on any atom is 0.460 e. The van der Waals surface area contributed by atoms with Crippen LogP contribution in [0.1, 0.15) is 16.8 Å². The maximum absolute atomic E-state index is 13.6. The predicted octanol–water partition coefficient (Wildman–Crippen LogP) is 7.56. The summed E-state index contributed by atoms with van der Waals surface area (Å²) in [4.78, 5) is 11.6. The lowest BCUT2D eigenvalue weighted by Gasteiger charge is -2.39. The normalized spacial score (nSPS) is 14.7. The van der Waals surface area contributed by atoms with E-state index in [-0.39, 0.29) is 9.35 Å². The first kappa shape index (κ1) is 28.3. The van der Waals surface area contributed by atoms with E-state index in [0.717, 1.165) is 17.4 Å². The van der Waals surface area contributed by atoms with Gasteiger partial charge in [0.25, 0.3) is 0 Å². The van der Waals surface area contributed by atoms with Gasteiger partial charge in [0.05, 0.1) is 26.2 Å². The average Bonchev–Trinajstić information content (AvgIpc) is 2.91. The lowest BCUT2D eigenvalue weighted by molar-refractivity contribution is -0.440. The minimum atomic E-state index is -7.96. The number of carbonyl (C=O) groups is 1. The van der Waals surface area contributed by atoms with Crippen LogP contribution in [0.25, 0.3) is 0 Å². The second-order valence-electron chi connectivity index (χ2n) is 5.62. The summed E-state index contributed by atoms with van der Waals surface area (Å²) >= 11 is 6.62. The van der Waals surface area contributed by atoms with Crippen LogP contribution in [0.2, 0.25) is 0 Å². The van der Waals surface area contributed by atoms with Crippen LogP contribution in [0, 0.1) is 0 Å². The molecule has 0 fully saturated rings. The molecule has 0 aliphatic carbocycles. The Bertz CT molecular complexity index is 819. The molecule has 0 saturated carbocycles. The third-order valence-corrected chi connectivity index (χ3v) is 5.86. The summed E-state index contributed by atoms with van der Waals surface area (Å²) in [6.07, 6.45) is -10.1. The number of esters is 1. The van der Waals surface area contributed by atoms with E-state index < -0.39 is 54.8 Å². The highest BCUT2D eigenvalue weighted by Gasteiger charge is 2.90. The van der Waals surface area contributed by atoms with Crippen LogP contribution in [-0.4, -0.2) is 48.4 Å². The Morgan fingerprint density at radius 2 is 1.26 bits per heavy atom. The van der Waals surface area contributed by atoms with Crippen LogP contribution in [0.3, 0.4) is 0 Å². The van der Waals surface area contributed by atoms with Gasteiger partial charge >= 0.3 is 41.8 Å². The standard InChI is InChI=1S/C13H5Br2F13O2S/c14-5-3-4(6(15)31-5)7(29)30-2-1-8(16,17)9(18,19)10(20,21)11(22,23)12(24,25)13(26,27)28/h3H,1-2H2. The van der Waals surface area contributed by atoms with Gasteiger partial charge in [-0.2, -0.15) is 57.1 Å². The molecule has 0 aliphatic rings. The van der Waals surface area contributed by atoms with Crippen molar-refractivity contribution in [1.82, 2.24) is 0 Å². The Labute approximate surface area is 184 Å². The molecule has 1 rings (SSSR count). The lowest BCUT2D eigenvalue weighted by atomic mass is 9.93. The van der Waals surface area contributed by atoms with Crippen LogP contribution in [0.5, 0.6) is 0 Å². The number of ether oxygens (including phenoxy) is 1. The summed E-state index contributed by atoms with van der Waals surface area (Å²) in [5, 5.41) is 0. The van der Waals surface area contributed by atoms with Gasteiger partial charge in [0.1, 0.15) is 0 Å². The quantitative estimate of drug-likeness (QED) is 0.219. The molecule has 0 bridgehead atoms. The number of carbonyl (C=O) groups excluding carboxylic acids is 1. The van der Waals surface area contributed by atoms with Crippen molar-refractivity contribution < 1.29 is 66.6 Å². The van der Waals surface area contributed by atoms with Gasteiger partial charge in [-0.25, -0.2) is 4.79 Å². The molecule has 1 aromatic rings. The van der Waals surface area contributed by atoms with Crippen molar-refractivity contribution in [2.75, 3.05) is 6.61 Å². The van der Waals surface area contributed by atoms with Gasteiger partial charge in [-0.05, 0) is 37.9 Å². The molecule has 31 heavy (non-hydrogen) atoms. The Morgan fingerprint density at radius 3 is 1.65 bits per heavy atom. The summed E-state index contributed by atoms with van der Waals surface area (Å²) in [5.74, 6) is -38.8. The summed E-state index contributed by atoms with van der Waals surface area (Å²) < 4.78 is 173. The van der Waals surface area contributed by atoms with Crippen molar-refractivity contribution >= 4 is 49.2 Å². The first-order chi connectivity index (χ1) is 13.5. The van der Waals surface area contributed by atoms with Crippen LogP contribution in [-0.2, 0) is 4.74 Å². The van der Waals surface area contributed by atoms with Gasteiger partial charge in [-0.3, -0.25) is 0 Å². The minimum Gasteiger partial charge on any atom is -0.462 e. The van der Waals surface area contributed by atoms with E-state index in [1.54, 1.807) is 0 Å². The molecule has 0 atom stereocenters. The Balaban J connectivity index is 3.08. The van der Waals surface area contributed by atoms with E-state index in [2.05, 4.69) is 36.6 Å². The van der Waals surface area contributed by atoms with Crippen molar-refractivity contribution in [2.45, 2.75) is 42.2 Å². The van der Waals surface area contributed by atoms with Gasteiger partial charge in [0, 0.05) is 0 Å². The van der Waals surface area contributed by atoms with E-state index in [9.17, 15) is 61.9 Å². The summed E-state index contributed by atoms with van der Waals surface area (Å²) in [6.45, 7) is -1.81. The fourth-order valence-electron chi connectivity index (χ4n) is 1.79. The fraction of sp³-hybridized carbons (Fsp3) is 0.615. The molecule has 0 aromatic carbocycles. The molecule has 0 N–H and O–H groups in total. The third kappa shape index (κ3) is 4.79. The molecule has 1 aromatic heterocycles. The zero-order valence-corrected chi connectivity index (χ0v) is 17.9. The SMILES string of the molecule is O=C(OCCC(F)(F)C(F)(F)C(F)(F)C(F)(F)C(F)(F)C(F)(F)F)c1cc(Br)sc1Br. The van der Waals surface area contributed by atoms with Gasteiger partial charge in [0.2, 0.25) is 0 Å². The molecule has 0 spiro atoms. The van der Waals surface area contributed by atoms with E-state index in [4.69, 9.17) is 0 Å². The molecular formula is C13H5Br2F13O2S. The first-order valence-corrected chi connectivity index (χ1v) is 9.52. The van der Waals surface area contributed by atoms with Gasteiger partial charge in [0.15, 0.2) is 0 Å². The largest absolute Gasteiger partial charge is 0.462 e. The van der Waals surface area contributed by atoms with Gasteiger partial charge in [-0.1, -0.05) is 0 Å². The second-order valence-corrected chi connectivity index (χ2v) is 9.37. The first-order valence-electron chi connectivity index (χ1n) is 7.12. The summed E-state index contributed by atoms with van der Waals surface area (Å²) in [7, 11) is 0. The van der Waals surface area contributed by atoms with Crippen LogP contribution in [0.15, 0.2) is 13.6 Å². The molecule has 0 radical (unpaired) electrons. The number of halogens is 15. The van der Waals surface area contributed by atoms with Crippen LogP contribution < -0.4 is 0 Å². The van der Waals surface area contributed by atoms with Crippen LogP contribution >= 0.6 is 43.2 Å². The van der Waals surface area contributed by atoms with E-state index in [0.29, 0.717) is 3.79 Å². The topological polar surface area (TPSA) is 26.3 Å². The second kappa shape index (κ2) is 8.53. The highest BCUT2D eigenvalue weighted by Crippen LogP contribution is 2.60. The van der Waals surface area contributed by atoms with Crippen molar-refractivity contribution in [1.29, 1.82) is 0 Å². The Kier molecular flexibility index (Phi) is 7.78. The number of alkyl halides is 13. The third-order valence-electron chi connectivity index (χ3n) is 3.52. The van der Waals surface area contributed by atoms with E-state index in [1.807, 2.05) is 0 Å². The van der Waals surface area contributed by atoms with Crippen LogP contribution in [0.4, 0.5) is 57.1 Å². The smallest absolute Gasteiger partial charge is 0.460 e. The molecule has 1 heterocycles. The number of hydrogen-bond acceptors (Lipinski definition) is 3. The molecule has 2 nitrogen and oxygen atoms in total. The minimum absolute atomic E-state index is 0.0574. The molecule has 0 aliphatic heterocycles. The Hall–Kier alpha value is -0.780. The molecule has 0 unspecified atom stereocenters. The monoisotopic (exact) mass is 630 g/mol. The lowest BCUT2D eigenvalue weighted by Crippen LogP contribution is -2.70. The van der Waals surface area contributed by atoms with Crippen molar-refractivity contribution in [2.24, 2.45) is 0 Å². The highest BCUT2D eigenvalue weighted by molar-refractivity contribution is 9.12. The number of hydrogen-bond donors (Lipinski definition) is 0. The maximum atomic E-state index is 13.6. The zero-order valence-electron chi connectivity index (χ0n) is 13.9. The van der Waals surface area contributed by atoms with Crippen molar-refractivity contribution in [3.8, 4) is 0 Å². The van der Waals surface area contributed by atoms with Gasteiger partial charge < -0.3 is 4.74 Å². The molecular weight excluding hydrogens is 627 g/mol. The summed E-state index contributed by atoms with van der Waals surface area (Å²) in [5.41, 5.74) is -0.339. The molecule has 180 valence electrons. The molecule has 0 amide bonds. The van der Waals surface area contributed by atoms with Gasteiger partial charge in [-0.15, -0.1) is 11.3 Å². The Morgan fingerprint density at radius 1 is 0.806 bits per heavy atom. The van der Waals surface area contributed by atoms with Crippen molar-refractivity contribution in [3.05, 3.63) is 19.2 Å².